The molecule has 0 aliphatic rings. The molecule has 0 fully saturated rings. The lowest BCUT2D eigenvalue weighted by Gasteiger charge is -2.23. The third-order valence-corrected chi connectivity index (χ3v) is 10.2. The molecule has 0 amide bonds. The van der Waals surface area contributed by atoms with Gasteiger partial charge in [0.2, 0.25) is 0 Å². The summed E-state index contributed by atoms with van der Waals surface area (Å²) in [4.78, 5) is 25.7. The van der Waals surface area contributed by atoms with Crippen molar-refractivity contribution in [3.63, 3.8) is 0 Å². The molecule has 2 heteroatoms. The maximum absolute atomic E-state index is 13.2. The summed E-state index contributed by atoms with van der Waals surface area (Å²) < 4.78 is 0. The van der Waals surface area contributed by atoms with Crippen molar-refractivity contribution in [2.75, 3.05) is 0 Å². The maximum atomic E-state index is 13.2. The Hall–Kier alpha value is -0.660. The smallest absolute Gasteiger partial charge is 0.143 e. The summed E-state index contributed by atoms with van der Waals surface area (Å²) in [5.41, 5.74) is 0. The monoisotopic (exact) mass is 591 g/mol. The van der Waals surface area contributed by atoms with Crippen molar-refractivity contribution in [3.8, 4) is 0 Å². The Morgan fingerprint density at radius 2 is 0.810 bits per heavy atom. The van der Waals surface area contributed by atoms with Crippen LogP contribution in [0.1, 0.15) is 198 Å². The molecule has 250 valence electrons. The van der Waals surface area contributed by atoms with Gasteiger partial charge in [0.1, 0.15) is 11.6 Å². The number of hydrogen-bond donors (Lipinski definition) is 0. The molecule has 0 aliphatic heterocycles. The first kappa shape index (κ1) is 41.3. The normalized spacial score (nSPS) is 17.0. The van der Waals surface area contributed by atoms with Crippen LogP contribution in [0.4, 0.5) is 0 Å². The van der Waals surface area contributed by atoms with Crippen LogP contribution in [-0.4, -0.2) is 11.6 Å². The van der Waals surface area contributed by atoms with Gasteiger partial charge >= 0.3 is 0 Å². The molecule has 0 aliphatic carbocycles. The minimum atomic E-state index is -0.395. The standard InChI is InChI=1S/C40H78O2/c1-11-12-13-20-32(4)22-15-25-35(7)27-18-29-37(9)40(38(10)41)39(42)30-36(8)28-17-26-34(6)24-16-23-33(5)21-14-19-31(2)3/h31-37,40H,11-30H2,1-10H3. The highest BCUT2D eigenvalue weighted by Crippen LogP contribution is 2.28. The number of carbonyl (C=O) groups is 2. The van der Waals surface area contributed by atoms with Crippen LogP contribution >= 0.6 is 0 Å². The molecule has 7 unspecified atom stereocenters. The van der Waals surface area contributed by atoms with Crippen molar-refractivity contribution >= 4 is 11.6 Å². The molecule has 0 bridgehead atoms. The number of carbonyl (C=O) groups excluding carboxylic acids is 2. The zero-order valence-corrected chi connectivity index (χ0v) is 30.6. The average Bonchev–Trinajstić information content (AvgIpc) is 2.88. The fourth-order valence-corrected chi connectivity index (χ4v) is 7.11. The molecule has 0 aromatic rings. The van der Waals surface area contributed by atoms with Gasteiger partial charge in [0.25, 0.3) is 0 Å². The predicted molar refractivity (Wildman–Crippen MR) is 187 cm³/mol. The Morgan fingerprint density at radius 1 is 0.452 bits per heavy atom. The number of rotatable bonds is 29. The summed E-state index contributed by atoms with van der Waals surface area (Å²) in [6.07, 6.45) is 25.2. The van der Waals surface area contributed by atoms with E-state index in [1.54, 1.807) is 6.92 Å². The van der Waals surface area contributed by atoms with Gasteiger partial charge in [0.15, 0.2) is 0 Å². The molecule has 0 N–H and O–H groups in total. The van der Waals surface area contributed by atoms with Crippen molar-refractivity contribution in [2.45, 2.75) is 198 Å². The molecule has 42 heavy (non-hydrogen) atoms. The van der Waals surface area contributed by atoms with E-state index in [2.05, 4.69) is 62.3 Å². The van der Waals surface area contributed by atoms with E-state index in [9.17, 15) is 9.59 Å². The van der Waals surface area contributed by atoms with Gasteiger partial charge in [-0.15, -0.1) is 0 Å². The van der Waals surface area contributed by atoms with E-state index in [-0.39, 0.29) is 17.5 Å². The van der Waals surface area contributed by atoms with E-state index in [0.29, 0.717) is 12.3 Å². The van der Waals surface area contributed by atoms with Crippen molar-refractivity contribution in [3.05, 3.63) is 0 Å². The second-order valence-electron chi connectivity index (χ2n) is 15.8. The van der Waals surface area contributed by atoms with Gasteiger partial charge in [-0.25, -0.2) is 0 Å². The van der Waals surface area contributed by atoms with Crippen molar-refractivity contribution in [1.82, 2.24) is 0 Å². The quantitative estimate of drug-likeness (QED) is 0.0641. The lowest BCUT2D eigenvalue weighted by Crippen LogP contribution is -2.30. The van der Waals surface area contributed by atoms with Crippen molar-refractivity contribution < 1.29 is 9.59 Å². The van der Waals surface area contributed by atoms with Crippen molar-refractivity contribution in [1.29, 1.82) is 0 Å². The van der Waals surface area contributed by atoms with Gasteiger partial charge in [0, 0.05) is 6.42 Å². The second-order valence-corrected chi connectivity index (χ2v) is 15.8. The average molecular weight is 591 g/mol. The summed E-state index contributed by atoms with van der Waals surface area (Å²) in [5, 5.41) is 0. The van der Waals surface area contributed by atoms with Gasteiger partial charge in [-0.2, -0.15) is 0 Å². The molecule has 0 saturated carbocycles. The molecule has 0 aromatic heterocycles. The van der Waals surface area contributed by atoms with Crippen LogP contribution in [-0.2, 0) is 9.59 Å². The number of hydrogen-bond acceptors (Lipinski definition) is 2. The number of ketones is 2. The zero-order chi connectivity index (χ0) is 31.9. The first-order chi connectivity index (χ1) is 19.9. The lowest BCUT2D eigenvalue weighted by atomic mass is 9.80. The van der Waals surface area contributed by atoms with Crippen LogP contribution in [0.15, 0.2) is 0 Å². The highest BCUT2D eigenvalue weighted by Gasteiger charge is 2.29. The van der Waals surface area contributed by atoms with E-state index >= 15 is 0 Å². The minimum absolute atomic E-state index is 0.0804. The third kappa shape index (κ3) is 22.8. The first-order valence-electron chi connectivity index (χ1n) is 18.9. The topological polar surface area (TPSA) is 34.1 Å². The minimum Gasteiger partial charge on any atom is -0.299 e. The molecule has 0 radical (unpaired) electrons. The van der Waals surface area contributed by atoms with E-state index < -0.39 is 5.92 Å². The van der Waals surface area contributed by atoms with Gasteiger partial charge < -0.3 is 0 Å². The van der Waals surface area contributed by atoms with E-state index in [4.69, 9.17) is 0 Å². The zero-order valence-electron chi connectivity index (χ0n) is 30.6. The predicted octanol–water partition coefficient (Wildman–Crippen LogP) is 13.1. The summed E-state index contributed by atoms with van der Waals surface area (Å²) in [6.45, 7) is 22.6. The fourth-order valence-electron chi connectivity index (χ4n) is 7.11. The molecular formula is C40H78O2. The van der Waals surface area contributed by atoms with Crippen LogP contribution in [0.3, 0.4) is 0 Å². The summed E-state index contributed by atoms with van der Waals surface area (Å²) >= 11 is 0. The molecule has 2 nitrogen and oxygen atoms in total. The van der Waals surface area contributed by atoms with E-state index in [1.807, 2.05) is 0 Å². The largest absolute Gasteiger partial charge is 0.299 e. The van der Waals surface area contributed by atoms with Gasteiger partial charge in [-0.1, -0.05) is 178 Å². The Labute approximate surface area is 265 Å². The highest BCUT2D eigenvalue weighted by molar-refractivity contribution is 6.01. The first-order valence-corrected chi connectivity index (χ1v) is 18.9. The van der Waals surface area contributed by atoms with Gasteiger partial charge in [-0.3, -0.25) is 9.59 Å². The van der Waals surface area contributed by atoms with Crippen molar-refractivity contribution in [2.24, 2.45) is 47.3 Å². The third-order valence-electron chi connectivity index (χ3n) is 10.2. The Balaban J connectivity index is 4.23. The van der Waals surface area contributed by atoms with Crippen LogP contribution in [0.2, 0.25) is 0 Å². The van der Waals surface area contributed by atoms with Gasteiger partial charge in [0.05, 0.1) is 5.92 Å². The SMILES string of the molecule is CCCCCC(C)CCCC(C)CCCC(C)C(C(C)=O)C(=O)CC(C)CCCC(C)CCCC(C)CCCC(C)C. The highest BCUT2D eigenvalue weighted by atomic mass is 16.1. The van der Waals surface area contributed by atoms with Crippen LogP contribution < -0.4 is 0 Å². The van der Waals surface area contributed by atoms with E-state index in [1.165, 1.54) is 103 Å². The summed E-state index contributed by atoms with van der Waals surface area (Å²) in [7, 11) is 0. The van der Waals surface area contributed by atoms with Gasteiger partial charge in [-0.05, 0) is 54.8 Å². The van der Waals surface area contributed by atoms with Crippen LogP contribution in [0.5, 0.6) is 0 Å². The molecule has 0 aromatic carbocycles. The molecule has 0 heterocycles. The lowest BCUT2D eigenvalue weighted by molar-refractivity contribution is -0.134. The summed E-state index contributed by atoms with van der Waals surface area (Å²) in [6, 6.07) is 0. The second kappa shape index (κ2) is 25.6. The van der Waals surface area contributed by atoms with E-state index in [0.717, 1.165) is 48.9 Å². The fraction of sp³-hybridized carbons (Fsp3) is 0.950. The molecule has 7 atom stereocenters. The Morgan fingerprint density at radius 3 is 1.19 bits per heavy atom. The Bertz CT molecular complexity index is 652. The number of unbranched alkanes of at least 4 members (excludes halogenated alkanes) is 2. The van der Waals surface area contributed by atoms with Crippen LogP contribution in [0.25, 0.3) is 0 Å². The Kier molecular flexibility index (Phi) is 25.2. The maximum Gasteiger partial charge on any atom is 0.143 e. The molecule has 0 spiro atoms. The molecular weight excluding hydrogens is 512 g/mol. The molecule has 0 rings (SSSR count). The molecule has 0 saturated heterocycles. The summed E-state index contributed by atoms with van der Waals surface area (Å²) in [5.74, 6) is 4.51. The number of Topliss-reactive ketones (excluding diaryl/α,β-unsaturated/α-hetero) is 2. The van der Waals surface area contributed by atoms with Crippen LogP contribution in [0, 0.1) is 47.3 Å².